The molecule has 3 aliphatic rings. The number of hydrogen-bond acceptors (Lipinski definition) is 4. The minimum atomic E-state index is -3.58. The van der Waals surface area contributed by atoms with E-state index in [1.807, 2.05) is 6.07 Å². The van der Waals surface area contributed by atoms with Crippen LogP contribution >= 0.6 is 0 Å². The average Bonchev–Trinajstić information content (AvgIpc) is 3.03. The lowest BCUT2D eigenvalue weighted by molar-refractivity contribution is -0.0501. The summed E-state index contributed by atoms with van der Waals surface area (Å²) < 4.78 is 41.8. The van der Waals surface area contributed by atoms with Crippen LogP contribution in [-0.4, -0.2) is 41.5 Å². The van der Waals surface area contributed by atoms with E-state index in [1.165, 1.54) is 0 Å². The van der Waals surface area contributed by atoms with E-state index in [9.17, 15) is 8.42 Å². The fourth-order valence-electron chi connectivity index (χ4n) is 6.23. The zero-order valence-electron chi connectivity index (χ0n) is 18.7. The molecule has 2 saturated carbocycles. The molecule has 3 aliphatic carbocycles. The Kier molecular flexibility index (Phi) is 4.56. The Labute approximate surface area is 177 Å². The van der Waals surface area contributed by atoms with Crippen LogP contribution < -0.4 is 0 Å². The summed E-state index contributed by atoms with van der Waals surface area (Å²) in [6.07, 6.45) is 6.05. The van der Waals surface area contributed by atoms with Crippen LogP contribution in [0.3, 0.4) is 0 Å². The van der Waals surface area contributed by atoms with E-state index in [1.54, 1.807) is 24.3 Å². The van der Waals surface area contributed by atoms with Gasteiger partial charge in [0, 0.05) is 11.3 Å². The van der Waals surface area contributed by atoms with Gasteiger partial charge in [-0.1, -0.05) is 37.3 Å². The molecule has 29 heavy (non-hydrogen) atoms. The first-order valence-electron chi connectivity index (χ1n) is 10.6. The Morgan fingerprint density at radius 1 is 0.897 bits per heavy atom. The maximum absolute atomic E-state index is 14.0. The minimum absolute atomic E-state index is 0.0780. The van der Waals surface area contributed by atoms with Gasteiger partial charge in [-0.3, -0.25) is 0 Å². The van der Waals surface area contributed by atoms with Crippen LogP contribution in [0.5, 0.6) is 0 Å². The highest BCUT2D eigenvalue weighted by Gasteiger charge is 2.83. The van der Waals surface area contributed by atoms with E-state index in [4.69, 9.17) is 8.85 Å². The van der Waals surface area contributed by atoms with Crippen molar-refractivity contribution in [2.75, 3.05) is 0 Å². The van der Waals surface area contributed by atoms with E-state index in [-0.39, 0.29) is 11.3 Å². The molecule has 0 spiro atoms. The topological polar surface area (TPSA) is 52.6 Å². The fourth-order valence-corrected chi connectivity index (χ4v) is 11.7. The zero-order valence-corrected chi connectivity index (χ0v) is 21.5. The van der Waals surface area contributed by atoms with Crippen molar-refractivity contribution >= 4 is 26.5 Å². The third-order valence-electron chi connectivity index (χ3n) is 6.95. The number of rotatable bonds is 6. The van der Waals surface area contributed by atoms with Gasteiger partial charge in [0.25, 0.3) is 0 Å². The Morgan fingerprint density at radius 2 is 1.41 bits per heavy atom. The molecule has 2 fully saturated rings. The molecule has 4 unspecified atom stereocenters. The SMILES string of the molecule is CC12CCC3[C@@H](S(=O)(=O)c4ccccc4)C1(O[Si](C)(C)C)C=CC32O[Si](C)(C)C. The third-order valence-corrected chi connectivity index (χ3v) is 11.1. The zero-order chi connectivity index (χ0) is 21.5. The average molecular weight is 451 g/mol. The van der Waals surface area contributed by atoms with Crippen LogP contribution in [0.4, 0.5) is 0 Å². The van der Waals surface area contributed by atoms with Crippen LogP contribution in [0.1, 0.15) is 19.8 Å². The highest BCUT2D eigenvalue weighted by atomic mass is 32.2. The molecule has 1 aromatic carbocycles. The smallest absolute Gasteiger partial charge is 0.185 e. The Morgan fingerprint density at radius 3 is 1.97 bits per heavy atom. The summed E-state index contributed by atoms with van der Waals surface area (Å²) in [6.45, 7) is 15.2. The first-order valence-corrected chi connectivity index (χ1v) is 18.9. The van der Waals surface area contributed by atoms with Gasteiger partial charge < -0.3 is 8.85 Å². The highest BCUT2D eigenvalue weighted by Crippen LogP contribution is 2.74. The van der Waals surface area contributed by atoms with Crippen molar-refractivity contribution in [3.8, 4) is 0 Å². The molecule has 0 radical (unpaired) electrons. The highest BCUT2D eigenvalue weighted by molar-refractivity contribution is 7.92. The van der Waals surface area contributed by atoms with Crippen molar-refractivity contribution in [2.45, 2.75) is 80.4 Å². The van der Waals surface area contributed by atoms with Crippen LogP contribution in [0.2, 0.25) is 39.3 Å². The fraction of sp³-hybridized carbons (Fsp3) is 0.636. The molecule has 1 aromatic rings. The first kappa shape index (κ1) is 21.5. The lowest BCUT2D eigenvalue weighted by Crippen LogP contribution is -2.59. The van der Waals surface area contributed by atoms with Crippen molar-refractivity contribution in [3.63, 3.8) is 0 Å². The maximum Gasteiger partial charge on any atom is 0.185 e. The van der Waals surface area contributed by atoms with E-state index in [2.05, 4.69) is 58.4 Å². The molecule has 7 heteroatoms. The molecule has 0 amide bonds. The molecule has 4 nitrogen and oxygen atoms in total. The van der Waals surface area contributed by atoms with Gasteiger partial charge in [0.05, 0.1) is 10.5 Å². The monoisotopic (exact) mass is 450 g/mol. The van der Waals surface area contributed by atoms with Crippen LogP contribution in [0.25, 0.3) is 0 Å². The molecule has 0 saturated heterocycles. The van der Waals surface area contributed by atoms with Crippen LogP contribution in [0.15, 0.2) is 47.4 Å². The summed E-state index contributed by atoms with van der Waals surface area (Å²) in [7, 11) is -7.56. The summed E-state index contributed by atoms with van der Waals surface area (Å²) in [4.78, 5) is 0.391. The number of benzene rings is 1. The molecule has 0 heterocycles. The van der Waals surface area contributed by atoms with Gasteiger partial charge in [-0.05, 0) is 64.3 Å². The van der Waals surface area contributed by atoms with E-state index < -0.39 is 42.9 Å². The van der Waals surface area contributed by atoms with Gasteiger partial charge in [0.1, 0.15) is 10.9 Å². The third kappa shape index (κ3) is 2.84. The van der Waals surface area contributed by atoms with Crippen molar-refractivity contribution in [3.05, 3.63) is 42.5 Å². The summed E-state index contributed by atoms with van der Waals surface area (Å²) in [6, 6.07) is 8.90. The summed E-state index contributed by atoms with van der Waals surface area (Å²) in [5, 5.41) is -0.607. The standard InChI is InChI=1S/C22H34O4SSi2/c1-20-14-13-18-19(27(23,24)17-11-9-8-10-12-17)22(20,26-29(5,6)7)16-15-21(18,20)25-28(2,3)4/h8-12,15-16,18-19H,13-14H2,1-7H3/t18?,19-,20?,21?,22?/m1/s1. The minimum Gasteiger partial charge on any atom is -0.408 e. The Hall–Kier alpha value is -0.736. The van der Waals surface area contributed by atoms with Gasteiger partial charge in [-0.2, -0.15) is 0 Å². The molecule has 4 rings (SSSR count). The molecule has 4 bridgehead atoms. The predicted molar refractivity (Wildman–Crippen MR) is 122 cm³/mol. The molecule has 160 valence electrons. The van der Waals surface area contributed by atoms with Gasteiger partial charge in [-0.25, -0.2) is 8.42 Å². The van der Waals surface area contributed by atoms with Gasteiger partial charge in [0.15, 0.2) is 26.5 Å². The molecular weight excluding hydrogens is 416 g/mol. The summed E-state index contributed by atoms with van der Waals surface area (Å²) in [5.41, 5.74) is -1.74. The van der Waals surface area contributed by atoms with Crippen LogP contribution in [0, 0.1) is 11.3 Å². The second-order valence-electron chi connectivity index (χ2n) is 11.1. The van der Waals surface area contributed by atoms with E-state index >= 15 is 0 Å². The van der Waals surface area contributed by atoms with Crippen molar-refractivity contribution in [1.82, 2.24) is 0 Å². The number of hydrogen-bond donors (Lipinski definition) is 0. The second-order valence-corrected chi connectivity index (χ2v) is 22.0. The van der Waals surface area contributed by atoms with Gasteiger partial charge in [-0.15, -0.1) is 0 Å². The van der Waals surface area contributed by atoms with Crippen molar-refractivity contribution in [1.29, 1.82) is 0 Å². The number of sulfone groups is 1. The molecule has 0 aliphatic heterocycles. The maximum atomic E-state index is 14.0. The lowest BCUT2D eigenvalue weighted by atomic mass is 9.72. The molecule has 5 atom stereocenters. The normalized spacial score (nSPS) is 38.7. The quantitative estimate of drug-likeness (QED) is 0.451. The molecule has 0 aromatic heterocycles. The van der Waals surface area contributed by atoms with Gasteiger partial charge in [0.2, 0.25) is 0 Å². The van der Waals surface area contributed by atoms with Crippen LogP contribution in [-0.2, 0) is 18.7 Å². The molecule has 0 N–H and O–H groups in total. The van der Waals surface area contributed by atoms with Gasteiger partial charge >= 0.3 is 0 Å². The summed E-state index contributed by atoms with van der Waals surface area (Å²) in [5.74, 6) is -0.0780. The van der Waals surface area contributed by atoms with E-state index in [0.717, 1.165) is 12.8 Å². The lowest BCUT2D eigenvalue weighted by Gasteiger charge is -2.49. The largest absolute Gasteiger partial charge is 0.408 e. The van der Waals surface area contributed by atoms with Crippen molar-refractivity contribution < 1.29 is 17.3 Å². The Bertz CT molecular complexity index is 947. The predicted octanol–water partition coefficient (Wildman–Crippen LogP) is 5.01. The van der Waals surface area contributed by atoms with E-state index in [0.29, 0.717) is 4.90 Å². The summed E-state index contributed by atoms with van der Waals surface area (Å²) >= 11 is 0. The molecular formula is C22H34O4SSi2. The first-order chi connectivity index (χ1) is 13.2. The second kappa shape index (κ2) is 6.16. The van der Waals surface area contributed by atoms with Crippen molar-refractivity contribution in [2.24, 2.45) is 11.3 Å². The Balaban J connectivity index is 1.94.